The molecule has 4 heteroatoms. The Morgan fingerprint density at radius 1 is 1.32 bits per heavy atom. The van der Waals surface area contributed by atoms with Gasteiger partial charge in [-0.2, -0.15) is 0 Å². The average Bonchev–Trinajstić information content (AvgIpc) is 2.33. The Morgan fingerprint density at radius 3 is 2.63 bits per heavy atom. The lowest BCUT2D eigenvalue weighted by atomic mass is 9.98. The molecule has 0 aliphatic heterocycles. The Balaban J connectivity index is 2.41. The van der Waals surface area contributed by atoms with Crippen LogP contribution in [0.4, 0.5) is 5.69 Å². The lowest BCUT2D eigenvalue weighted by molar-refractivity contribution is -0.115. The van der Waals surface area contributed by atoms with Crippen LogP contribution in [0, 0.1) is 18.8 Å². The predicted octanol–water partition coefficient (Wildman–Crippen LogP) is 3.47. The Kier molecular flexibility index (Phi) is 6.32. The number of carbonyl (C=O) groups is 1. The van der Waals surface area contributed by atoms with Gasteiger partial charge in [0.2, 0.25) is 5.91 Å². The molecule has 0 fully saturated rings. The quantitative estimate of drug-likeness (QED) is 0.839. The molecule has 0 saturated heterocycles. The van der Waals surface area contributed by atoms with E-state index in [0.29, 0.717) is 23.4 Å². The molecule has 1 unspecified atom stereocenters. The molecule has 1 rings (SSSR count). The van der Waals surface area contributed by atoms with Gasteiger partial charge in [0.1, 0.15) is 0 Å². The first kappa shape index (κ1) is 16.0. The van der Waals surface area contributed by atoms with Crippen molar-refractivity contribution in [2.75, 3.05) is 18.4 Å². The molecule has 19 heavy (non-hydrogen) atoms. The molecule has 2 N–H and O–H groups in total. The molecule has 106 valence electrons. The lowest BCUT2D eigenvalue weighted by Gasteiger charge is -2.16. The zero-order chi connectivity index (χ0) is 14.4. The van der Waals surface area contributed by atoms with E-state index in [4.69, 9.17) is 11.6 Å². The number of carbonyl (C=O) groups excluding carboxylic acids is 1. The minimum Gasteiger partial charge on any atom is -0.325 e. The van der Waals surface area contributed by atoms with Crippen molar-refractivity contribution < 1.29 is 4.79 Å². The fourth-order valence-corrected chi connectivity index (χ4v) is 1.74. The standard InChI is InChI=1S/C15H23ClN2O/c1-10(2)12(4)8-17-9-15(19)18-14-7-13(16)6-5-11(14)3/h5-7,10,12,17H,8-9H2,1-4H3,(H,18,19). The molecule has 0 aromatic heterocycles. The highest BCUT2D eigenvalue weighted by Gasteiger charge is 2.08. The molecule has 0 radical (unpaired) electrons. The van der Waals surface area contributed by atoms with E-state index in [1.165, 1.54) is 0 Å². The highest BCUT2D eigenvalue weighted by atomic mass is 35.5. The van der Waals surface area contributed by atoms with Crippen LogP contribution in [0.3, 0.4) is 0 Å². The second-order valence-electron chi connectivity index (χ2n) is 5.36. The van der Waals surface area contributed by atoms with E-state index in [1.54, 1.807) is 6.07 Å². The van der Waals surface area contributed by atoms with Gasteiger partial charge >= 0.3 is 0 Å². The van der Waals surface area contributed by atoms with Gasteiger partial charge in [-0.3, -0.25) is 4.79 Å². The summed E-state index contributed by atoms with van der Waals surface area (Å²) < 4.78 is 0. The molecule has 1 amide bonds. The number of benzene rings is 1. The van der Waals surface area contributed by atoms with Gasteiger partial charge in [-0.05, 0) is 43.0 Å². The van der Waals surface area contributed by atoms with Crippen LogP contribution >= 0.6 is 11.6 Å². The van der Waals surface area contributed by atoms with Crippen LogP contribution in [-0.4, -0.2) is 19.0 Å². The second kappa shape index (κ2) is 7.51. The summed E-state index contributed by atoms with van der Waals surface area (Å²) in [4.78, 5) is 11.8. The molecular formula is C15H23ClN2O. The zero-order valence-electron chi connectivity index (χ0n) is 12.1. The maximum Gasteiger partial charge on any atom is 0.238 e. The van der Waals surface area contributed by atoms with Crippen LogP contribution in [-0.2, 0) is 4.79 Å². The summed E-state index contributed by atoms with van der Waals surface area (Å²) in [6.45, 7) is 9.66. The molecule has 3 nitrogen and oxygen atoms in total. The smallest absolute Gasteiger partial charge is 0.238 e. The molecule has 0 aliphatic rings. The van der Waals surface area contributed by atoms with Gasteiger partial charge in [0.25, 0.3) is 0 Å². The number of aryl methyl sites for hydroxylation is 1. The van der Waals surface area contributed by atoms with E-state index in [0.717, 1.165) is 17.8 Å². The monoisotopic (exact) mass is 282 g/mol. The highest BCUT2D eigenvalue weighted by Crippen LogP contribution is 2.19. The first-order valence-corrected chi connectivity index (χ1v) is 7.04. The normalized spacial score (nSPS) is 12.5. The van der Waals surface area contributed by atoms with Crippen molar-refractivity contribution in [3.63, 3.8) is 0 Å². The van der Waals surface area contributed by atoms with Crippen LogP contribution in [0.2, 0.25) is 5.02 Å². The van der Waals surface area contributed by atoms with Gasteiger partial charge in [-0.1, -0.05) is 38.4 Å². The first-order chi connectivity index (χ1) is 8.90. The maximum absolute atomic E-state index is 11.8. The van der Waals surface area contributed by atoms with Crippen LogP contribution in [0.1, 0.15) is 26.3 Å². The maximum atomic E-state index is 11.8. The van der Waals surface area contributed by atoms with E-state index >= 15 is 0 Å². The van der Waals surface area contributed by atoms with Gasteiger partial charge < -0.3 is 10.6 Å². The Labute approximate surface area is 120 Å². The van der Waals surface area contributed by atoms with Crippen LogP contribution < -0.4 is 10.6 Å². The van der Waals surface area contributed by atoms with Crippen LogP contribution in [0.25, 0.3) is 0 Å². The fraction of sp³-hybridized carbons (Fsp3) is 0.533. The number of anilines is 1. The number of nitrogens with one attached hydrogen (secondary N) is 2. The van der Waals surface area contributed by atoms with Crippen molar-refractivity contribution >= 4 is 23.2 Å². The Morgan fingerprint density at radius 2 is 2.00 bits per heavy atom. The van der Waals surface area contributed by atoms with E-state index in [2.05, 4.69) is 31.4 Å². The van der Waals surface area contributed by atoms with Crippen molar-refractivity contribution in [3.8, 4) is 0 Å². The predicted molar refractivity (Wildman–Crippen MR) is 81.7 cm³/mol. The summed E-state index contributed by atoms with van der Waals surface area (Å²) in [5.41, 5.74) is 1.78. The summed E-state index contributed by atoms with van der Waals surface area (Å²) in [7, 11) is 0. The molecule has 1 aromatic rings. The van der Waals surface area contributed by atoms with Crippen molar-refractivity contribution in [2.45, 2.75) is 27.7 Å². The van der Waals surface area contributed by atoms with Crippen LogP contribution in [0.15, 0.2) is 18.2 Å². The molecule has 0 bridgehead atoms. The highest BCUT2D eigenvalue weighted by molar-refractivity contribution is 6.31. The van der Waals surface area contributed by atoms with Gasteiger partial charge in [0.05, 0.1) is 6.54 Å². The summed E-state index contributed by atoms with van der Waals surface area (Å²) >= 11 is 5.91. The van der Waals surface area contributed by atoms with Crippen molar-refractivity contribution in [1.82, 2.24) is 5.32 Å². The molecule has 1 aromatic carbocycles. The van der Waals surface area contributed by atoms with Gasteiger partial charge in [-0.15, -0.1) is 0 Å². The largest absolute Gasteiger partial charge is 0.325 e. The lowest BCUT2D eigenvalue weighted by Crippen LogP contribution is -2.32. The zero-order valence-corrected chi connectivity index (χ0v) is 12.8. The van der Waals surface area contributed by atoms with Crippen molar-refractivity contribution in [1.29, 1.82) is 0 Å². The van der Waals surface area contributed by atoms with Crippen molar-refractivity contribution in [3.05, 3.63) is 28.8 Å². The number of amides is 1. The Hall–Kier alpha value is -1.06. The third kappa shape index (κ3) is 5.62. The first-order valence-electron chi connectivity index (χ1n) is 6.67. The number of halogens is 1. The minimum absolute atomic E-state index is 0.0404. The number of rotatable bonds is 6. The summed E-state index contributed by atoms with van der Waals surface area (Å²) in [5.74, 6) is 1.13. The van der Waals surface area contributed by atoms with Gasteiger partial charge in [0, 0.05) is 10.7 Å². The van der Waals surface area contributed by atoms with Crippen molar-refractivity contribution in [2.24, 2.45) is 11.8 Å². The topological polar surface area (TPSA) is 41.1 Å². The summed E-state index contributed by atoms with van der Waals surface area (Å²) in [6, 6.07) is 5.48. The SMILES string of the molecule is Cc1ccc(Cl)cc1NC(=O)CNCC(C)C(C)C. The molecule has 1 atom stereocenters. The molecular weight excluding hydrogens is 260 g/mol. The molecule has 0 heterocycles. The summed E-state index contributed by atoms with van der Waals surface area (Å²) in [5, 5.41) is 6.67. The minimum atomic E-state index is -0.0404. The van der Waals surface area contributed by atoms with Gasteiger partial charge in [0.15, 0.2) is 0 Å². The Bertz CT molecular complexity index is 432. The number of hydrogen-bond donors (Lipinski definition) is 2. The van der Waals surface area contributed by atoms with Crippen LogP contribution in [0.5, 0.6) is 0 Å². The third-order valence-corrected chi connectivity index (χ3v) is 3.60. The fourth-order valence-electron chi connectivity index (χ4n) is 1.57. The van der Waals surface area contributed by atoms with E-state index in [9.17, 15) is 4.79 Å². The van der Waals surface area contributed by atoms with E-state index in [1.807, 2.05) is 19.1 Å². The molecule has 0 saturated carbocycles. The second-order valence-corrected chi connectivity index (χ2v) is 5.80. The van der Waals surface area contributed by atoms with Gasteiger partial charge in [-0.25, -0.2) is 0 Å². The third-order valence-electron chi connectivity index (χ3n) is 3.36. The average molecular weight is 283 g/mol. The molecule has 0 aliphatic carbocycles. The number of hydrogen-bond acceptors (Lipinski definition) is 2. The van der Waals surface area contributed by atoms with E-state index < -0.39 is 0 Å². The summed E-state index contributed by atoms with van der Waals surface area (Å²) in [6.07, 6.45) is 0. The molecule has 0 spiro atoms. The van der Waals surface area contributed by atoms with E-state index in [-0.39, 0.29) is 5.91 Å².